The molecular formula is C18H16N2O3. The first-order valence-electron chi connectivity index (χ1n) is 7.65. The summed E-state index contributed by atoms with van der Waals surface area (Å²) in [6.07, 6.45) is 2.09. The highest BCUT2D eigenvalue weighted by molar-refractivity contribution is 5.84. The fourth-order valence-corrected chi connectivity index (χ4v) is 2.90. The van der Waals surface area contributed by atoms with Gasteiger partial charge in [-0.1, -0.05) is 25.1 Å². The normalized spacial score (nSPS) is 14.0. The number of nitrogens with zero attached hydrogens (tertiary/aromatic N) is 2. The van der Waals surface area contributed by atoms with Crippen molar-refractivity contribution in [3.05, 3.63) is 59.5 Å². The number of aromatic nitrogens is 1. The van der Waals surface area contributed by atoms with Gasteiger partial charge in [0.15, 0.2) is 0 Å². The van der Waals surface area contributed by atoms with Crippen molar-refractivity contribution in [3.63, 3.8) is 0 Å². The monoisotopic (exact) mass is 308 g/mol. The average Bonchev–Trinajstić information content (AvgIpc) is 3.06. The third kappa shape index (κ3) is 2.44. The van der Waals surface area contributed by atoms with Crippen LogP contribution in [-0.4, -0.2) is 16.0 Å². The van der Waals surface area contributed by atoms with Crippen LogP contribution in [0.4, 0.5) is 4.79 Å². The van der Waals surface area contributed by atoms with Crippen molar-refractivity contribution in [2.24, 2.45) is 0 Å². The summed E-state index contributed by atoms with van der Waals surface area (Å²) in [4.78, 5) is 18.4. The lowest BCUT2D eigenvalue weighted by Crippen LogP contribution is -2.36. The van der Waals surface area contributed by atoms with Crippen LogP contribution < -0.4 is 4.74 Å². The van der Waals surface area contributed by atoms with Gasteiger partial charge in [0, 0.05) is 10.9 Å². The second kappa shape index (κ2) is 5.43. The molecule has 0 bridgehead atoms. The highest BCUT2D eigenvalue weighted by Gasteiger charge is 2.27. The number of ether oxygens (including phenoxy) is 1. The number of rotatable bonds is 3. The smallest absolute Gasteiger partial charge is 0.417 e. The Bertz CT molecular complexity index is 871. The van der Waals surface area contributed by atoms with Crippen LogP contribution in [-0.2, 0) is 19.5 Å². The van der Waals surface area contributed by atoms with Gasteiger partial charge < -0.3 is 9.15 Å². The SMILES string of the molecule is CCc1cccc2cc3c(nc12)OC(=O)N(Cc1ccco1)C3. The van der Waals surface area contributed by atoms with Crippen LogP contribution in [0.15, 0.2) is 47.1 Å². The topological polar surface area (TPSA) is 55.6 Å². The highest BCUT2D eigenvalue weighted by Crippen LogP contribution is 2.30. The summed E-state index contributed by atoms with van der Waals surface area (Å²) in [5.74, 6) is 1.14. The minimum atomic E-state index is -0.394. The molecule has 1 aliphatic heterocycles. The van der Waals surface area contributed by atoms with E-state index in [2.05, 4.69) is 24.0 Å². The van der Waals surface area contributed by atoms with E-state index in [4.69, 9.17) is 9.15 Å². The summed E-state index contributed by atoms with van der Waals surface area (Å²) in [6.45, 7) is 2.94. The number of fused-ring (bicyclic) bond motifs is 2. The summed E-state index contributed by atoms with van der Waals surface area (Å²) < 4.78 is 10.7. The van der Waals surface area contributed by atoms with Crippen molar-refractivity contribution in [2.75, 3.05) is 0 Å². The molecule has 0 N–H and O–H groups in total. The van der Waals surface area contributed by atoms with E-state index in [1.54, 1.807) is 17.2 Å². The van der Waals surface area contributed by atoms with E-state index in [-0.39, 0.29) is 0 Å². The first-order valence-corrected chi connectivity index (χ1v) is 7.65. The number of carbonyl (C=O) groups excluding carboxylic acids is 1. The Balaban J connectivity index is 1.71. The molecule has 0 unspecified atom stereocenters. The molecule has 0 fully saturated rings. The van der Waals surface area contributed by atoms with Gasteiger partial charge in [-0.15, -0.1) is 0 Å². The van der Waals surface area contributed by atoms with E-state index in [0.717, 1.165) is 34.2 Å². The maximum absolute atomic E-state index is 12.2. The van der Waals surface area contributed by atoms with E-state index >= 15 is 0 Å². The van der Waals surface area contributed by atoms with Crippen molar-refractivity contribution in [3.8, 4) is 5.88 Å². The standard InChI is InChI=1S/C18H16N2O3/c1-2-12-5-3-6-13-9-14-10-20(11-15-7-4-8-22-15)18(21)23-17(14)19-16(12)13/h3-9H,2,10-11H2,1H3. The van der Waals surface area contributed by atoms with Gasteiger partial charge in [0.05, 0.1) is 24.9 Å². The molecule has 2 aromatic heterocycles. The maximum atomic E-state index is 12.2. The van der Waals surface area contributed by atoms with Gasteiger partial charge in [-0.05, 0) is 30.2 Å². The van der Waals surface area contributed by atoms with Crippen molar-refractivity contribution >= 4 is 17.0 Å². The lowest BCUT2D eigenvalue weighted by molar-refractivity contribution is 0.129. The van der Waals surface area contributed by atoms with Crippen LogP contribution in [0.25, 0.3) is 10.9 Å². The molecule has 0 radical (unpaired) electrons. The Hall–Kier alpha value is -2.82. The van der Waals surface area contributed by atoms with E-state index in [9.17, 15) is 4.79 Å². The molecule has 23 heavy (non-hydrogen) atoms. The van der Waals surface area contributed by atoms with E-state index in [1.807, 2.05) is 18.2 Å². The fraction of sp³-hybridized carbons (Fsp3) is 0.222. The Morgan fingerprint density at radius 2 is 2.17 bits per heavy atom. The molecule has 1 aliphatic rings. The molecule has 4 rings (SSSR count). The van der Waals surface area contributed by atoms with Crippen LogP contribution in [0, 0.1) is 0 Å². The van der Waals surface area contributed by atoms with Gasteiger partial charge in [-0.25, -0.2) is 9.78 Å². The van der Waals surface area contributed by atoms with Crippen molar-refractivity contribution in [1.29, 1.82) is 0 Å². The number of para-hydroxylation sites is 1. The molecule has 116 valence electrons. The predicted octanol–water partition coefficient (Wildman–Crippen LogP) is 3.90. The molecule has 0 spiro atoms. The van der Waals surface area contributed by atoms with Crippen LogP contribution in [0.2, 0.25) is 0 Å². The molecule has 0 atom stereocenters. The van der Waals surface area contributed by atoms with Crippen molar-refractivity contribution < 1.29 is 13.9 Å². The summed E-state index contributed by atoms with van der Waals surface area (Å²) in [7, 11) is 0. The molecule has 1 amide bonds. The zero-order chi connectivity index (χ0) is 15.8. The van der Waals surface area contributed by atoms with Gasteiger partial charge in [-0.3, -0.25) is 4.90 Å². The van der Waals surface area contributed by atoms with Gasteiger partial charge in [-0.2, -0.15) is 0 Å². The molecule has 0 saturated carbocycles. The summed E-state index contributed by atoms with van der Waals surface area (Å²) in [5.41, 5.74) is 2.97. The van der Waals surface area contributed by atoms with Gasteiger partial charge in [0.1, 0.15) is 5.76 Å². The lowest BCUT2D eigenvalue weighted by Gasteiger charge is -2.27. The molecule has 0 saturated heterocycles. The predicted molar refractivity (Wildman–Crippen MR) is 85.1 cm³/mol. The Morgan fingerprint density at radius 1 is 1.26 bits per heavy atom. The quantitative estimate of drug-likeness (QED) is 0.736. The van der Waals surface area contributed by atoms with Crippen LogP contribution in [0.5, 0.6) is 5.88 Å². The largest absolute Gasteiger partial charge is 0.467 e. The van der Waals surface area contributed by atoms with Gasteiger partial charge >= 0.3 is 6.09 Å². The van der Waals surface area contributed by atoms with E-state index in [1.165, 1.54) is 0 Å². The Morgan fingerprint density at radius 3 is 2.96 bits per heavy atom. The second-order valence-electron chi connectivity index (χ2n) is 5.60. The molecule has 1 aromatic carbocycles. The molecular weight excluding hydrogens is 292 g/mol. The number of hydrogen-bond acceptors (Lipinski definition) is 4. The second-order valence-corrected chi connectivity index (χ2v) is 5.60. The van der Waals surface area contributed by atoms with Crippen LogP contribution in [0.1, 0.15) is 23.8 Å². The number of pyridine rings is 1. The summed E-state index contributed by atoms with van der Waals surface area (Å²) >= 11 is 0. The molecule has 3 aromatic rings. The number of carbonyl (C=O) groups is 1. The number of hydrogen-bond donors (Lipinski definition) is 0. The van der Waals surface area contributed by atoms with Crippen molar-refractivity contribution in [2.45, 2.75) is 26.4 Å². The average molecular weight is 308 g/mol. The molecule has 5 heteroatoms. The first-order chi connectivity index (χ1) is 11.2. The molecule has 5 nitrogen and oxygen atoms in total. The zero-order valence-electron chi connectivity index (χ0n) is 12.8. The summed E-state index contributed by atoms with van der Waals surface area (Å²) in [6, 6.07) is 11.8. The zero-order valence-corrected chi connectivity index (χ0v) is 12.8. The lowest BCUT2D eigenvalue weighted by atomic mass is 10.1. The third-order valence-electron chi connectivity index (χ3n) is 4.08. The van der Waals surface area contributed by atoms with Gasteiger partial charge in [0.2, 0.25) is 5.88 Å². The number of aryl methyl sites for hydroxylation is 1. The number of furan rings is 1. The first kappa shape index (κ1) is 13.8. The Kier molecular flexibility index (Phi) is 3.26. The van der Waals surface area contributed by atoms with Gasteiger partial charge in [0.25, 0.3) is 0 Å². The number of amides is 1. The minimum absolute atomic E-state index is 0.387. The molecule has 3 heterocycles. The van der Waals surface area contributed by atoms with Crippen molar-refractivity contribution in [1.82, 2.24) is 9.88 Å². The minimum Gasteiger partial charge on any atom is -0.467 e. The number of benzene rings is 1. The maximum Gasteiger partial charge on any atom is 0.417 e. The summed E-state index contributed by atoms with van der Waals surface area (Å²) in [5, 5.41) is 1.07. The third-order valence-corrected chi connectivity index (χ3v) is 4.08. The fourth-order valence-electron chi connectivity index (χ4n) is 2.90. The molecule has 0 aliphatic carbocycles. The Labute approximate surface area is 133 Å². The van der Waals surface area contributed by atoms with E-state index < -0.39 is 6.09 Å². The van der Waals surface area contributed by atoms with Crippen LogP contribution >= 0.6 is 0 Å². The highest BCUT2D eigenvalue weighted by atomic mass is 16.6. The van der Waals surface area contributed by atoms with E-state index in [0.29, 0.717) is 19.0 Å². The van der Waals surface area contributed by atoms with Crippen LogP contribution in [0.3, 0.4) is 0 Å².